The van der Waals surface area contributed by atoms with Gasteiger partial charge in [0.05, 0.1) is 11.2 Å². The van der Waals surface area contributed by atoms with Crippen molar-refractivity contribution < 1.29 is 0 Å². The van der Waals surface area contributed by atoms with E-state index in [1.165, 1.54) is 19.3 Å². The number of nitrogens with zero attached hydrogens (tertiary/aromatic N) is 1. The monoisotopic (exact) mass is 246 g/mol. The minimum Gasteiger partial charge on any atom is -0.383 e. The third kappa shape index (κ3) is 2.22. The van der Waals surface area contributed by atoms with Crippen LogP contribution in [0.2, 0.25) is 5.02 Å². The van der Waals surface area contributed by atoms with Gasteiger partial charge < -0.3 is 5.32 Å². The highest BCUT2D eigenvalue weighted by atomic mass is 35.5. The molecule has 1 heterocycles. The molecule has 1 aromatic carbocycles. The molecule has 0 radical (unpaired) electrons. The molecule has 88 valence electrons. The van der Waals surface area contributed by atoms with Gasteiger partial charge in [0, 0.05) is 23.2 Å². The SMILES string of the molecule is Clc1cc(NCC2CCC2)c2ncccc2c1. The van der Waals surface area contributed by atoms with E-state index >= 15 is 0 Å². The Kier molecular flexibility index (Phi) is 2.89. The second kappa shape index (κ2) is 4.53. The molecule has 3 rings (SSSR count). The average Bonchev–Trinajstić information content (AvgIpc) is 2.26. The Labute approximate surface area is 106 Å². The van der Waals surface area contributed by atoms with Crippen molar-refractivity contribution >= 4 is 28.2 Å². The fourth-order valence-electron chi connectivity index (χ4n) is 2.24. The van der Waals surface area contributed by atoms with Gasteiger partial charge in [-0.15, -0.1) is 0 Å². The van der Waals surface area contributed by atoms with Crippen LogP contribution in [0, 0.1) is 5.92 Å². The van der Waals surface area contributed by atoms with Crippen LogP contribution in [0.4, 0.5) is 5.69 Å². The Morgan fingerprint density at radius 1 is 1.35 bits per heavy atom. The number of nitrogens with one attached hydrogen (secondary N) is 1. The van der Waals surface area contributed by atoms with Gasteiger partial charge in [-0.25, -0.2) is 0 Å². The van der Waals surface area contributed by atoms with E-state index in [4.69, 9.17) is 11.6 Å². The molecule has 2 aromatic rings. The summed E-state index contributed by atoms with van der Waals surface area (Å²) >= 11 is 6.12. The van der Waals surface area contributed by atoms with Crippen LogP contribution in [0.25, 0.3) is 10.9 Å². The van der Waals surface area contributed by atoms with Crippen molar-refractivity contribution in [3.8, 4) is 0 Å². The van der Waals surface area contributed by atoms with Crippen LogP contribution in [0.15, 0.2) is 30.5 Å². The highest BCUT2D eigenvalue weighted by molar-refractivity contribution is 6.31. The second-order valence-corrected chi connectivity index (χ2v) is 5.14. The van der Waals surface area contributed by atoms with Crippen molar-refractivity contribution in [3.05, 3.63) is 35.5 Å². The fourth-order valence-corrected chi connectivity index (χ4v) is 2.47. The molecule has 17 heavy (non-hydrogen) atoms. The number of halogens is 1. The van der Waals surface area contributed by atoms with Gasteiger partial charge >= 0.3 is 0 Å². The smallest absolute Gasteiger partial charge is 0.0934 e. The van der Waals surface area contributed by atoms with Gasteiger partial charge in [-0.05, 0) is 37.0 Å². The molecule has 0 saturated heterocycles. The van der Waals surface area contributed by atoms with E-state index in [0.29, 0.717) is 0 Å². The van der Waals surface area contributed by atoms with Crippen LogP contribution in [0.1, 0.15) is 19.3 Å². The Morgan fingerprint density at radius 3 is 3.00 bits per heavy atom. The summed E-state index contributed by atoms with van der Waals surface area (Å²) in [5, 5.41) is 5.34. The van der Waals surface area contributed by atoms with Gasteiger partial charge in [0.15, 0.2) is 0 Å². The summed E-state index contributed by atoms with van der Waals surface area (Å²) in [6.07, 6.45) is 5.89. The predicted molar refractivity (Wildman–Crippen MR) is 72.6 cm³/mol. The molecule has 2 nitrogen and oxygen atoms in total. The molecule has 1 N–H and O–H groups in total. The zero-order valence-corrected chi connectivity index (χ0v) is 10.4. The number of hydrogen-bond donors (Lipinski definition) is 1. The zero-order valence-electron chi connectivity index (χ0n) is 9.62. The summed E-state index contributed by atoms with van der Waals surface area (Å²) in [6, 6.07) is 7.91. The molecular weight excluding hydrogens is 232 g/mol. The molecule has 1 aromatic heterocycles. The Balaban J connectivity index is 1.90. The topological polar surface area (TPSA) is 24.9 Å². The number of benzene rings is 1. The third-order valence-corrected chi connectivity index (χ3v) is 3.69. The first-order chi connectivity index (χ1) is 8.33. The largest absolute Gasteiger partial charge is 0.383 e. The number of anilines is 1. The molecule has 1 aliphatic rings. The molecule has 0 amide bonds. The molecule has 1 fully saturated rings. The summed E-state index contributed by atoms with van der Waals surface area (Å²) in [5.74, 6) is 0.827. The van der Waals surface area contributed by atoms with Gasteiger partial charge in [0.2, 0.25) is 0 Å². The minimum atomic E-state index is 0.765. The zero-order chi connectivity index (χ0) is 11.7. The fraction of sp³-hybridized carbons (Fsp3) is 0.357. The van der Waals surface area contributed by atoms with Crippen molar-refractivity contribution in [2.24, 2.45) is 5.92 Å². The van der Waals surface area contributed by atoms with Gasteiger partial charge in [-0.1, -0.05) is 24.1 Å². The summed E-state index contributed by atoms with van der Waals surface area (Å²) in [5.41, 5.74) is 2.07. The minimum absolute atomic E-state index is 0.765. The lowest BCUT2D eigenvalue weighted by molar-refractivity contribution is 0.333. The van der Waals surface area contributed by atoms with Crippen molar-refractivity contribution in [3.63, 3.8) is 0 Å². The maximum absolute atomic E-state index is 6.12. The maximum atomic E-state index is 6.12. The van der Waals surface area contributed by atoms with E-state index in [0.717, 1.165) is 34.1 Å². The van der Waals surface area contributed by atoms with Crippen LogP contribution < -0.4 is 5.32 Å². The van der Waals surface area contributed by atoms with E-state index in [9.17, 15) is 0 Å². The van der Waals surface area contributed by atoms with Gasteiger partial charge in [-0.3, -0.25) is 4.98 Å². The van der Waals surface area contributed by atoms with E-state index in [1.807, 2.05) is 30.5 Å². The lowest BCUT2D eigenvalue weighted by atomic mass is 9.85. The maximum Gasteiger partial charge on any atom is 0.0934 e. The predicted octanol–water partition coefficient (Wildman–Crippen LogP) is 4.10. The summed E-state index contributed by atoms with van der Waals surface area (Å²) in [7, 11) is 0. The van der Waals surface area contributed by atoms with Crippen molar-refractivity contribution in [1.29, 1.82) is 0 Å². The lowest BCUT2D eigenvalue weighted by Crippen LogP contribution is -2.21. The molecule has 0 atom stereocenters. The van der Waals surface area contributed by atoms with Crippen LogP contribution in [-0.4, -0.2) is 11.5 Å². The Hall–Kier alpha value is -1.28. The molecule has 0 unspecified atom stereocenters. The Bertz CT molecular complexity index is 535. The van der Waals surface area contributed by atoms with E-state index in [-0.39, 0.29) is 0 Å². The molecular formula is C14H15ClN2. The number of rotatable bonds is 3. The first-order valence-corrected chi connectivity index (χ1v) is 6.49. The summed E-state index contributed by atoms with van der Waals surface area (Å²) < 4.78 is 0. The van der Waals surface area contributed by atoms with Gasteiger partial charge in [0.1, 0.15) is 0 Å². The van der Waals surface area contributed by atoms with E-state index in [2.05, 4.69) is 10.3 Å². The Morgan fingerprint density at radius 2 is 2.24 bits per heavy atom. The van der Waals surface area contributed by atoms with Crippen LogP contribution in [-0.2, 0) is 0 Å². The number of fused-ring (bicyclic) bond motifs is 1. The standard InChI is InChI=1S/C14H15ClN2/c15-12-7-11-5-2-6-16-14(11)13(8-12)17-9-10-3-1-4-10/h2,5-8,10,17H,1,3-4,9H2. The average molecular weight is 247 g/mol. The molecule has 0 aliphatic heterocycles. The van der Waals surface area contributed by atoms with Gasteiger partial charge in [-0.2, -0.15) is 0 Å². The summed E-state index contributed by atoms with van der Waals surface area (Å²) in [6.45, 7) is 1.03. The number of hydrogen-bond acceptors (Lipinski definition) is 2. The molecule has 3 heteroatoms. The highest BCUT2D eigenvalue weighted by Crippen LogP contribution is 2.29. The molecule has 1 aliphatic carbocycles. The lowest BCUT2D eigenvalue weighted by Gasteiger charge is -2.26. The van der Waals surface area contributed by atoms with Crippen LogP contribution in [0.5, 0.6) is 0 Å². The van der Waals surface area contributed by atoms with Crippen LogP contribution >= 0.6 is 11.6 Å². The number of pyridine rings is 1. The van der Waals surface area contributed by atoms with Crippen molar-refractivity contribution in [2.75, 3.05) is 11.9 Å². The first-order valence-electron chi connectivity index (χ1n) is 6.11. The third-order valence-electron chi connectivity index (χ3n) is 3.48. The quantitative estimate of drug-likeness (QED) is 0.882. The highest BCUT2D eigenvalue weighted by Gasteiger charge is 2.17. The first kappa shape index (κ1) is 10.8. The van der Waals surface area contributed by atoms with Crippen LogP contribution in [0.3, 0.4) is 0 Å². The summed E-state index contributed by atoms with van der Waals surface area (Å²) in [4.78, 5) is 4.42. The van der Waals surface area contributed by atoms with Gasteiger partial charge in [0.25, 0.3) is 0 Å². The van der Waals surface area contributed by atoms with E-state index < -0.39 is 0 Å². The number of aromatic nitrogens is 1. The molecule has 0 bridgehead atoms. The van der Waals surface area contributed by atoms with Crippen molar-refractivity contribution in [1.82, 2.24) is 4.98 Å². The van der Waals surface area contributed by atoms with Crippen molar-refractivity contribution in [2.45, 2.75) is 19.3 Å². The normalized spacial score (nSPS) is 15.8. The molecule has 0 spiro atoms. The second-order valence-electron chi connectivity index (χ2n) is 4.71. The van der Waals surface area contributed by atoms with E-state index in [1.54, 1.807) is 0 Å². The molecule has 1 saturated carbocycles.